The molecule has 1 spiro atoms. The van der Waals surface area contributed by atoms with Gasteiger partial charge in [-0.2, -0.15) is 11.8 Å². The molecule has 0 radical (unpaired) electrons. The molecule has 0 saturated carbocycles. The Balaban J connectivity index is 1.68. The van der Waals surface area contributed by atoms with E-state index < -0.39 is 0 Å². The highest BCUT2D eigenvalue weighted by molar-refractivity contribution is 7.99. The van der Waals surface area contributed by atoms with E-state index in [2.05, 4.69) is 49.0 Å². The van der Waals surface area contributed by atoms with Gasteiger partial charge in [-0.15, -0.1) is 0 Å². The average molecular weight is 305 g/mol. The van der Waals surface area contributed by atoms with Crippen molar-refractivity contribution in [3.63, 3.8) is 0 Å². The van der Waals surface area contributed by atoms with E-state index in [4.69, 9.17) is 10.5 Å². The summed E-state index contributed by atoms with van der Waals surface area (Å²) < 4.78 is 6.20. The Morgan fingerprint density at radius 3 is 2.67 bits per heavy atom. The lowest BCUT2D eigenvalue weighted by Gasteiger charge is -2.45. The van der Waals surface area contributed by atoms with E-state index >= 15 is 0 Å². The molecule has 3 heteroatoms. The summed E-state index contributed by atoms with van der Waals surface area (Å²) in [6, 6.07) is 11.0. The lowest BCUT2D eigenvalue weighted by Crippen LogP contribution is -2.48. The van der Waals surface area contributed by atoms with Gasteiger partial charge in [0.15, 0.2) is 0 Å². The Bertz CT molecular complexity index is 438. The molecule has 1 aromatic carbocycles. The Kier molecular flexibility index (Phi) is 4.92. The van der Waals surface area contributed by atoms with Crippen LogP contribution < -0.4 is 5.73 Å². The highest BCUT2D eigenvalue weighted by atomic mass is 32.2. The summed E-state index contributed by atoms with van der Waals surface area (Å²) in [5, 5.41) is 0. The lowest BCUT2D eigenvalue weighted by molar-refractivity contribution is -0.106. The zero-order chi connectivity index (χ0) is 14.7. The molecule has 2 saturated heterocycles. The van der Waals surface area contributed by atoms with Crippen molar-refractivity contribution in [2.45, 2.75) is 50.2 Å². The van der Waals surface area contributed by atoms with Crippen molar-refractivity contribution in [1.82, 2.24) is 0 Å². The van der Waals surface area contributed by atoms with Gasteiger partial charge in [0.05, 0.1) is 5.60 Å². The molecule has 3 atom stereocenters. The zero-order valence-electron chi connectivity index (χ0n) is 13.0. The summed E-state index contributed by atoms with van der Waals surface area (Å²) >= 11 is 2.06. The first-order valence-corrected chi connectivity index (χ1v) is 9.38. The van der Waals surface area contributed by atoms with Crippen LogP contribution in [0.15, 0.2) is 30.3 Å². The summed E-state index contributed by atoms with van der Waals surface area (Å²) in [4.78, 5) is 0. The summed E-state index contributed by atoms with van der Waals surface area (Å²) in [7, 11) is 0. The van der Waals surface area contributed by atoms with Crippen molar-refractivity contribution in [3.8, 4) is 0 Å². The fourth-order valence-electron chi connectivity index (χ4n) is 3.87. The number of benzene rings is 1. The Morgan fingerprint density at radius 2 is 1.95 bits per heavy atom. The second kappa shape index (κ2) is 6.72. The highest BCUT2D eigenvalue weighted by Gasteiger charge is 2.41. The first-order valence-electron chi connectivity index (χ1n) is 8.22. The molecule has 0 aliphatic carbocycles. The molecule has 2 fully saturated rings. The molecule has 2 heterocycles. The minimum atomic E-state index is 0.141. The van der Waals surface area contributed by atoms with Crippen LogP contribution in [0.4, 0.5) is 0 Å². The molecular weight excluding hydrogens is 278 g/mol. The minimum Gasteiger partial charge on any atom is -0.375 e. The number of rotatable bonds is 3. The summed E-state index contributed by atoms with van der Waals surface area (Å²) in [6.07, 6.45) is 4.69. The molecule has 2 N–H and O–H groups in total. The Hall–Kier alpha value is -0.510. The number of thioether (sulfide) groups is 1. The van der Waals surface area contributed by atoms with E-state index in [1.807, 2.05) is 0 Å². The van der Waals surface area contributed by atoms with Crippen molar-refractivity contribution in [1.29, 1.82) is 0 Å². The molecule has 2 nitrogen and oxygen atoms in total. The van der Waals surface area contributed by atoms with E-state index in [-0.39, 0.29) is 11.6 Å². The van der Waals surface area contributed by atoms with Gasteiger partial charge in [0.1, 0.15) is 0 Å². The third-order valence-corrected chi connectivity index (χ3v) is 6.37. The van der Waals surface area contributed by atoms with Crippen molar-refractivity contribution < 1.29 is 4.74 Å². The Labute approximate surface area is 132 Å². The quantitative estimate of drug-likeness (QED) is 0.922. The second-order valence-corrected chi connectivity index (χ2v) is 7.90. The normalized spacial score (nSPS) is 28.2. The van der Waals surface area contributed by atoms with Crippen LogP contribution in [0.25, 0.3) is 0 Å². The van der Waals surface area contributed by atoms with Crippen LogP contribution in [-0.2, 0) is 4.74 Å². The van der Waals surface area contributed by atoms with Gasteiger partial charge in [0.2, 0.25) is 0 Å². The third kappa shape index (κ3) is 3.46. The zero-order valence-corrected chi connectivity index (χ0v) is 13.8. The monoisotopic (exact) mass is 305 g/mol. The topological polar surface area (TPSA) is 35.2 Å². The Morgan fingerprint density at radius 1 is 1.24 bits per heavy atom. The van der Waals surface area contributed by atoms with Crippen molar-refractivity contribution in [2.75, 3.05) is 18.1 Å². The number of hydrogen-bond acceptors (Lipinski definition) is 3. The van der Waals surface area contributed by atoms with E-state index in [0.29, 0.717) is 11.8 Å². The molecule has 116 valence electrons. The maximum absolute atomic E-state index is 6.65. The van der Waals surface area contributed by atoms with E-state index in [9.17, 15) is 0 Å². The average Bonchev–Trinajstić information content (AvgIpc) is 2.55. The number of ether oxygens (including phenoxy) is 1. The van der Waals surface area contributed by atoms with Crippen LogP contribution in [-0.4, -0.2) is 29.8 Å². The smallest absolute Gasteiger partial charge is 0.0701 e. The van der Waals surface area contributed by atoms with Gasteiger partial charge in [-0.1, -0.05) is 37.3 Å². The predicted octanol–water partition coefficient (Wildman–Crippen LogP) is 3.81. The first-order chi connectivity index (χ1) is 10.2. The largest absolute Gasteiger partial charge is 0.375 e. The van der Waals surface area contributed by atoms with Gasteiger partial charge in [0.25, 0.3) is 0 Å². The van der Waals surface area contributed by atoms with Crippen molar-refractivity contribution >= 4 is 11.8 Å². The van der Waals surface area contributed by atoms with Gasteiger partial charge >= 0.3 is 0 Å². The second-order valence-electron chi connectivity index (χ2n) is 6.67. The molecule has 3 rings (SSSR count). The van der Waals surface area contributed by atoms with Crippen LogP contribution in [0.3, 0.4) is 0 Å². The number of nitrogens with two attached hydrogens (primary N) is 1. The van der Waals surface area contributed by atoms with Crippen LogP contribution in [0.5, 0.6) is 0 Å². The van der Waals surface area contributed by atoms with Gasteiger partial charge in [-0.25, -0.2) is 0 Å². The molecule has 21 heavy (non-hydrogen) atoms. The minimum absolute atomic E-state index is 0.141. The SMILES string of the molecule is CC(c1ccccc1)C(N)C1CCOC2(CCSCC2)C1. The predicted molar refractivity (Wildman–Crippen MR) is 90.8 cm³/mol. The summed E-state index contributed by atoms with van der Waals surface area (Å²) in [6.45, 7) is 3.17. The van der Waals surface area contributed by atoms with E-state index in [0.717, 1.165) is 19.4 Å². The summed E-state index contributed by atoms with van der Waals surface area (Å²) in [5.74, 6) is 3.51. The van der Waals surface area contributed by atoms with Crippen molar-refractivity contribution in [3.05, 3.63) is 35.9 Å². The van der Waals surface area contributed by atoms with Crippen LogP contribution in [0.2, 0.25) is 0 Å². The van der Waals surface area contributed by atoms with Crippen LogP contribution in [0.1, 0.15) is 44.1 Å². The third-order valence-electron chi connectivity index (χ3n) is 5.38. The first kappa shape index (κ1) is 15.4. The van der Waals surface area contributed by atoms with Crippen molar-refractivity contribution in [2.24, 2.45) is 11.7 Å². The fraction of sp³-hybridized carbons (Fsp3) is 0.667. The summed E-state index contributed by atoms with van der Waals surface area (Å²) in [5.41, 5.74) is 8.16. The maximum Gasteiger partial charge on any atom is 0.0701 e. The molecular formula is C18H27NOS. The van der Waals surface area contributed by atoms with E-state index in [1.165, 1.54) is 29.9 Å². The molecule has 3 unspecified atom stereocenters. The molecule has 0 bridgehead atoms. The van der Waals surface area contributed by atoms with Gasteiger partial charge < -0.3 is 10.5 Å². The molecule has 0 aromatic heterocycles. The fourth-order valence-corrected chi connectivity index (χ4v) is 5.11. The lowest BCUT2D eigenvalue weighted by atomic mass is 9.74. The number of hydrogen-bond donors (Lipinski definition) is 1. The van der Waals surface area contributed by atoms with Gasteiger partial charge in [0, 0.05) is 12.6 Å². The molecule has 2 aliphatic heterocycles. The maximum atomic E-state index is 6.65. The molecule has 2 aliphatic rings. The van der Waals surface area contributed by atoms with Crippen LogP contribution in [0, 0.1) is 5.92 Å². The molecule has 0 amide bonds. The molecule has 1 aromatic rings. The van der Waals surface area contributed by atoms with Gasteiger partial charge in [-0.3, -0.25) is 0 Å². The van der Waals surface area contributed by atoms with E-state index in [1.54, 1.807) is 0 Å². The van der Waals surface area contributed by atoms with Gasteiger partial charge in [-0.05, 0) is 54.6 Å². The van der Waals surface area contributed by atoms with Crippen LogP contribution >= 0.6 is 11.8 Å². The standard InChI is InChI=1S/C18H27NOS/c1-14(15-5-3-2-4-6-15)17(19)16-7-10-20-18(13-16)8-11-21-12-9-18/h2-6,14,16-17H,7-13,19H2,1H3. The highest BCUT2D eigenvalue weighted by Crippen LogP contribution is 2.42.